The molecule has 2 unspecified atom stereocenters. The molecule has 1 N–H and O–H groups in total. The lowest BCUT2D eigenvalue weighted by atomic mass is 9.95. The summed E-state index contributed by atoms with van der Waals surface area (Å²) in [5.74, 6) is 1.76. The minimum Gasteiger partial charge on any atom is -0.497 e. The van der Waals surface area contributed by atoms with Gasteiger partial charge in [0, 0.05) is 37.0 Å². The lowest BCUT2D eigenvalue weighted by molar-refractivity contribution is 0.0989. The number of nitrogens with one attached hydrogen (secondary N) is 1. The predicted molar refractivity (Wildman–Crippen MR) is 112 cm³/mol. The first-order valence-electron chi connectivity index (χ1n) is 10.1. The summed E-state index contributed by atoms with van der Waals surface area (Å²) in [4.78, 5) is 20.2. The molecule has 2 aliphatic rings. The first-order chi connectivity index (χ1) is 13.7. The highest BCUT2D eigenvalue weighted by atomic mass is 16.5. The van der Waals surface area contributed by atoms with Gasteiger partial charge in [0.2, 0.25) is 0 Å². The molecule has 0 amide bonds. The van der Waals surface area contributed by atoms with Crippen molar-refractivity contribution in [2.75, 3.05) is 43.2 Å². The molecule has 6 nitrogen and oxygen atoms in total. The summed E-state index contributed by atoms with van der Waals surface area (Å²) in [5, 5.41) is 0. The van der Waals surface area contributed by atoms with Crippen molar-refractivity contribution in [3.63, 3.8) is 0 Å². The molecule has 3 heterocycles. The lowest BCUT2D eigenvalue weighted by Crippen LogP contribution is -2.44. The number of hydrogen-bond acceptors (Lipinski definition) is 5. The number of aromatic amines is 1. The maximum Gasteiger partial charge on any atom is 0.251 e. The molecule has 2 atom stereocenters. The number of H-pyrrole nitrogens is 1. The van der Waals surface area contributed by atoms with Crippen LogP contribution in [0.15, 0.2) is 41.2 Å². The molecular weight excluding hydrogens is 354 g/mol. The van der Waals surface area contributed by atoms with Gasteiger partial charge in [0.1, 0.15) is 11.6 Å². The standard InChI is InChI=1S/C22H29N3O3/c1-16-15-28-11-10-24(16)18-13-21(23-22(26)14-18)25-9-4-3-8-20(25)17-6-5-7-19(12-17)27-2/h5-7,12-14,16,20H,3-4,8-11,15H2,1-2H3,(H,23,26). The molecule has 6 heteroatoms. The zero-order valence-corrected chi connectivity index (χ0v) is 16.7. The van der Waals surface area contributed by atoms with E-state index < -0.39 is 0 Å². The largest absolute Gasteiger partial charge is 0.497 e. The molecule has 0 radical (unpaired) electrons. The van der Waals surface area contributed by atoms with Crippen LogP contribution in [-0.2, 0) is 4.74 Å². The molecule has 2 fully saturated rings. The van der Waals surface area contributed by atoms with Crippen LogP contribution in [0.2, 0.25) is 0 Å². The zero-order valence-electron chi connectivity index (χ0n) is 16.7. The fourth-order valence-electron chi connectivity index (χ4n) is 4.36. The predicted octanol–water partition coefficient (Wildman–Crippen LogP) is 3.34. The first-order valence-corrected chi connectivity index (χ1v) is 10.1. The van der Waals surface area contributed by atoms with Crippen molar-refractivity contribution < 1.29 is 9.47 Å². The Kier molecular flexibility index (Phi) is 5.57. The van der Waals surface area contributed by atoms with Crippen molar-refractivity contribution in [3.8, 4) is 5.75 Å². The summed E-state index contributed by atoms with van der Waals surface area (Å²) in [6.45, 7) is 5.27. The lowest BCUT2D eigenvalue weighted by Gasteiger charge is -2.39. The highest BCUT2D eigenvalue weighted by Crippen LogP contribution is 2.36. The van der Waals surface area contributed by atoms with Gasteiger partial charge in [-0.3, -0.25) is 4.79 Å². The minimum absolute atomic E-state index is 0.0545. The molecule has 150 valence electrons. The van der Waals surface area contributed by atoms with Crippen LogP contribution in [0.25, 0.3) is 0 Å². The number of hydrogen-bond donors (Lipinski definition) is 1. The number of nitrogens with zero attached hydrogens (tertiary/aromatic N) is 2. The van der Waals surface area contributed by atoms with Crippen molar-refractivity contribution in [2.24, 2.45) is 0 Å². The normalized spacial score (nSPS) is 22.9. The molecule has 0 saturated carbocycles. The summed E-state index contributed by atoms with van der Waals surface area (Å²) in [7, 11) is 1.70. The summed E-state index contributed by atoms with van der Waals surface area (Å²) in [5.41, 5.74) is 2.15. The molecule has 2 aromatic rings. The van der Waals surface area contributed by atoms with Crippen molar-refractivity contribution in [2.45, 2.75) is 38.3 Å². The number of benzene rings is 1. The molecule has 1 aromatic heterocycles. The molecule has 1 aromatic carbocycles. The van der Waals surface area contributed by atoms with Crippen LogP contribution in [0, 0.1) is 0 Å². The second kappa shape index (κ2) is 8.27. The van der Waals surface area contributed by atoms with Crippen molar-refractivity contribution >= 4 is 11.5 Å². The second-order valence-corrected chi connectivity index (χ2v) is 7.69. The Morgan fingerprint density at radius 1 is 1.14 bits per heavy atom. The van der Waals surface area contributed by atoms with Gasteiger partial charge < -0.3 is 24.3 Å². The monoisotopic (exact) mass is 383 g/mol. The summed E-state index contributed by atoms with van der Waals surface area (Å²) in [6.07, 6.45) is 3.37. The average molecular weight is 383 g/mol. The van der Waals surface area contributed by atoms with E-state index in [4.69, 9.17) is 9.47 Å². The number of piperidine rings is 1. The fraction of sp³-hybridized carbons (Fsp3) is 0.500. The van der Waals surface area contributed by atoms with Gasteiger partial charge in [-0.2, -0.15) is 0 Å². The van der Waals surface area contributed by atoms with Gasteiger partial charge >= 0.3 is 0 Å². The molecule has 2 saturated heterocycles. The SMILES string of the molecule is COc1cccc(C2CCCCN2c2cc(N3CCOCC3C)cc(=O)[nH]2)c1. The topological polar surface area (TPSA) is 57.8 Å². The molecule has 28 heavy (non-hydrogen) atoms. The van der Waals surface area contributed by atoms with Gasteiger partial charge in [0.05, 0.1) is 26.4 Å². The van der Waals surface area contributed by atoms with Gasteiger partial charge in [-0.05, 0) is 43.9 Å². The van der Waals surface area contributed by atoms with E-state index in [-0.39, 0.29) is 17.6 Å². The highest BCUT2D eigenvalue weighted by Gasteiger charge is 2.27. The van der Waals surface area contributed by atoms with Crippen LogP contribution >= 0.6 is 0 Å². The number of rotatable bonds is 4. The Bertz CT molecular complexity index is 866. The van der Waals surface area contributed by atoms with Crippen LogP contribution in [0.4, 0.5) is 11.5 Å². The van der Waals surface area contributed by atoms with E-state index in [1.54, 1.807) is 13.2 Å². The maximum absolute atomic E-state index is 12.5. The number of aromatic nitrogens is 1. The van der Waals surface area contributed by atoms with Crippen molar-refractivity contribution in [3.05, 3.63) is 52.3 Å². The van der Waals surface area contributed by atoms with Crippen LogP contribution < -0.4 is 20.1 Å². The number of pyridine rings is 1. The molecule has 2 aliphatic heterocycles. The minimum atomic E-state index is -0.0545. The molecule has 0 aliphatic carbocycles. The van der Waals surface area contributed by atoms with E-state index in [0.29, 0.717) is 13.2 Å². The number of ether oxygens (including phenoxy) is 2. The third kappa shape index (κ3) is 3.87. The van der Waals surface area contributed by atoms with Gasteiger partial charge in [-0.25, -0.2) is 0 Å². The summed E-state index contributed by atoms with van der Waals surface area (Å²) >= 11 is 0. The third-order valence-corrected chi connectivity index (χ3v) is 5.80. The van der Waals surface area contributed by atoms with E-state index >= 15 is 0 Å². The quantitative estimate of drug-likeness (QED) is 0.878. The van der Waals surface area contributed by atoms with E-state index in [1.807, 2.05) is 12.1 Å². The highest BCUT2D eigenvalue weighted by molar-refractivity contribution is 5.57. The maximum atomic E-state index is 12.5. The molecule has 4 rings (SSSR count). The smallest absolute Gasteiger partial charge is 0.251 e. The second-order valence-electron chi connectivity index (χ2n) is 7.69. The molecule has 0 bridgehead atoms. The summed E-state index contributed by atoms with van der Waals surface area (Å²) < 4.78 is 11.0. The Balaban J connectivity index is 1.68. The van der Waals surface area contributed by atoms with Gasteiger partial charge in [-0.1, -0.05) is 12.1 Å². The zero-order chi connectivity index (χ0) is 19.5. The van der Waals surface area contributed by atoms with Crippen LogP contribution in [0.1, 0.15) is 37.8 Å². The summed E-state index contributed by atoms with van der Waals surface area (Å²) in [6, 6.07) is 12.6. The van der Waals surface area contributed by atoms with Gasteiger partial charge in [0.25, 0.3) is 5.56 Å². The first kappa shape index (κ1) is 18.9. The average Bonchev–Trinajstić information content (AvgIpc) is 2.73. The Morgan fingerprint density at radius 2 is 2.04 bits per heavy atom. The van der Waals surface area contributed by atoms with Gasteiger partial charge in [-0.15, -0.1) is 0 Å². The third-order valence-electron chi connectivity index (χ3n) is 5.80. The molecule has 0 spiro atoms. The van der Waals surface area contributed by atoms with Crippen molar-refractivity contribution in [1.29, 1.82) is 0 Å². The number of morpholine rings is 1. The van der Waals surface area contributed by atoms with E-state index in [9.17, 15) is 4.79 Å². The van der Waals surface area contributed by atoms with Crippen molar-refractivity contribution in [1.82, 2.24) is 4.98 Å². The van der Waals surface area contributed by atoms with Crippen LogP contribution in [0.3, 0.4) is 0 Å². The van der Waals surface area contributed by atoms with E-state index in [2.05, 4.69) is 39.9 Å². The Hall–Kier alpha value is -2.47. The molecular formula is C22H29N3O3. The fourth-order valence-corrected chi connectivity index (χ4v) is 4.36. The van der Waals surface area contributed by atoms with Gasteiger partial charge in [0.15, 0.2) is 0 Å². The number of anilines is 2. The van der Waals surface area contributed by atoms with Crippen LogP contribution in [-0.4, -0.2) is 44.4 Å². The van der Waals surface area contributed by atoms with E-state index in [0.717, 1.165) is 43.2 Å². The number of methoxy groups -OCH3 is 1. The van der Waals surface area contributed by atoms with Crippen LogP contribution in [0.5, 0.6) is 5.75 Å². The Labute approximate surface area is 166 Å². The Morgan fingerprint density at radius 3 is 2.86 bits per heavy atom. The van der Waals surface area contributed by atoms with E-state index in [1.165, 1.54) is 12.0 Å².